The minimum absolute atomic E-state index is 0.486. The zero-order valence-electron chi connectivity index (χ0n) is 15.2. The average Bonchev–Trinajstić information content (AvgIpc) is 3.05. The van der Waals surface area contributed by atoms with Gasteiger partial charge in [-0.25, -0.2) is 4.57 Å². The maximum absolute atomic E-state index is 13.7. The predicted molar refractivity (Wildman–Crippen MR) is 113 cm³/mol. The highest BCUT2D eigenvalue weighted by Crippen LogP contribution is 2.66. The minimum atomic E-state index is -3.56. The molecule has 1 heterocycles. The van der Waals surface area contributed by atoms with Crippen molar-refractivity contribution in [2.45, 2.75) is 12.7 Å². The molecule has 1 unspecified atom stereocenters. The van der Waals surface area contributed by atoms with Crippen LogP contribution in [0.15, 0.2) is 77.3 Å². The van der Waals surface area contributed by atoms with Gasteiger partial charge >= 0.3 is 7.60 Å². The normalized spacial score (nSPS) is 15.1. The molecule has 5 nitrogen and oxygen atoms in total. The fraction of sp³-hybridized carbons (Fsp3) is 0.143. The second kappa shape index (κ2) is 7.90. The Morgan fingerprint density at radius 2 is 1.57 bits per heavy atom. The smallest absolute Gasteiger partial charge is 0.457 e. The average molecular weight is 460 g/mol. The number of ether oxygens (including phenoxy) is 1. The number of hydrogen-bond acceptors (Lipinski definition) is 5. The Hall–Kier alpha value is -2.43. The summed E-state index contributed by atoms with van der Waals surface area (Å²) in [6.45, 7) is 2.52. The zero-order valence-corrected chi connectivity index (χ0v) is 17.7. The summed E-state index contributed by atoms with van der Waals surface area (Å²) in [7, 11) is -3.56. The van der Waals surface area contributed by atoms with Crippen LogP contribution in [0.25, 0.3) is 0 Å². The first kappa shape index (κ1) is 18.9. The fourth-order valence-corrected chi connectivity index (χ4v) is 5.17. The summed E-state index contributed by atoms with van der Waals surface area (Å²) < 4.78 is 31.8. The lowest BCUT2D eigenvalue weighted by Gasteiger charge is -2.24. The van der Waals surface area contributed by atoms with Gasteiger partial charge in [0.15, 0.2) is 17.3 Å². The molecule has 1 aliphatic heterocycles. The standard InChI is InChI=1S/C21H19BrNO4P/c1-2-25-18-13-7-15(8-14-18)21(23-17-11-9-16(22)10-12-17)28(24)26-19-5-3-4-6-20(19)27-28/h3-14,21,23H,2H2,1H3. The number of rotatable bonds is 6. The Morgan fingerprint density at radius 3 is 2.14 bits per heavy atom. The molecule has 0 saturated heterocycles. The second-order valence-corrected chi connectivity index (χ2v) is 9.10. The lowest BCUT2D eigenvalue weighted by Crippen LogP contribution is -2.15. The summed E-state index contributed by atoms with van der Waals surface area (Å²) in [5, 5.41) is 3.32. The van der Waals surface area contributed by atoms with E-state index in [-0.39, 0.29) is 0 Å². The van der Waals surface area contributed by atoms with Crippen LogP contribution in [0.5, 0.6) is 17.2 Å². The van der Waals surface area contributed by atoms with Crippen molar-refractivity contribution in [3.63, 3.8) is 0 Å². The molecule has 0 bridgehead atoms. The number of halogens is 1. The van der Waals surface area contributed by atoms with E-state index in [4.69, 9.17) is 13.8 Å². The monoisotopic (exact) mass is 459 g/mol. The van der Waals surface area contributed by atoms with E-state index in [1.165, 1.54) is 0 Å². The van der Waals surface area contributed by atoms with Crippen molar-refractivity contribution >= 4 is 29.2 Å². The first-order valence-corrected chi connectivity index (χ1v) is 11.3. The highest BCUT2D eigenvalue weighted by atomic mass is 79.9. The van der Waals surface area contributed by atoms with E-state index in [1.54, 1.807) is 12.1 Å². The van der Waals surface area contributed by atoms with Gasteiger partial charge in [0.1, 0.15) is 5.75 Å². The van der Waals surface area contributed by atoms with E-state index in [9.17, 15) is 4.57 Å². The van der Waals surface area contributed by atoms with E-state index >= 15 is 0 Å². The molecule has 0 radical (unpaired) electrons. The third-order valence-electron chi connectivity index (χ3n) is 4.27. The second-order valence-electron chi connectivity index (χ2n) is 6.22. The van der Waals surface area contributed by atoms with Crippen LogP contribution in [0.2, 0.25) is 0 Å². The molecule has 4 rings (SSSR count). The molecule has 3 aromatic rings. The Kier molecular flexibility index (Phi) is 5.33. The Morgan fingerprint density at radius 1 is 0.964 bits per heavy atom. The van der Waals surface area contributed by atoms with Crippen molar-refractivity contribution in [1.82, 2.24) is 0 Å². The summed E-state index contributed by atoms with van der Waals surface area (Å²) in [6.07, 6.45) is 0. The molecule has 0 aliphatic carbocycles. The van der Waals surface area contributed by atoms with Gasteiger partial charge in [-0.1, -0.05) is 40.2 Å². The molecule has 0 spiro atoms. The van der Waals surface area contributed by atoms with Crippen molar-refractivity contribution in [1.29, 1.82) is 0 Å². The Bertz CT molecular complexity index is 979. The number of fused-ring (bicyclic) bond motifs is 1. The van der Waals surface area contributed by atoms with Crippen molar-refractivity contribution in [2.75, 3.05) is 11.9 Å². The predicted octanol–water partition coefficient (Wildman–Crippen LogP) is 6.62. The maximum Gasteiger partial charge on any atom is 0.457 e. The highest BCUT2D eigenvalue weighted by Gasteiger charge is 2.45. The van der Waals surface area contributed by atoms with Crippen LogP contribution in [-0.4, -0.2) is 6.61 Å². The minimum Gasteiger partial charge on any atom is -0.494 e. The van der Waals surface area contributed by atoms with Gasteiger partial charge in [-0.2, -0.15) is 0 Å². The lowest BCUT2D eigenvalue weighted by molar-refractivity contribution is 0.340. The van der Waals surface area contributed by atoms with Crippen LogP contribution in [-0.2, 0) is 4.57 Å². The van der Waals surface area contributed by atoms with Crippen molar-refractivity contribution < 1.29 is 18.3 Å². The van der Waals surface area contributed by atoms with E-state index < -0.39 is 13.4 Å². The van der Waals surface area contributed by atoms with Crippen LogP contribution >= 0.6 is 23.5 Å². The van der Waals surface area contributed by atoms with Crippen molar-refractivity contribution in [2.24, 2.45) is 0 Å². The molecule has 7 heteroatoms. The number of anilines is 1. The summed E-state index contributed by atoms with van der Waals surface area (Å²) in [6, 6.07) is 22.2. The third kappa shape index (κ3) is 3.89. The molecule has 0 fully saturated rings. The molecule has 1 atom stereocenters. The maximum atomic E-state index is 13.7. The zero-order chi connectivity index (χ0) is 19.6. The van der Waals surface area contributed by atoms with Crippen molar-refractivity contribution in [3.8, 4) is 17.2 Å². The summed E-state index contributed by atoms with van der Waals surface area (Å²) in [5.41, 5.74) is 1.59. The number of benzene rings is 3. The topological polar surface area (TPSA) is 56.8 Å². The molecule has 1 aliphatic rings. The molecule has 28 heavy (non-hydrogen) atoms. The number of nitrogens with one attached hydrogen (secondary N) is 1. The number of hydrogen-bond donors (Lipinski definition) is 1. The first-order chi connectivity index (χ1) is 13.6. The van der Waals surface area contributed by atoms with Gasteiger partial charge in [-0.05, 0) is 61.0 Å². The van der Waals surface area contributed by atoms with Gasteiger partial charge < -0.3 is 19.1 Å². The van der Waals surface area contributed by atoms with E-state index in [2.05, 4.69) is 21.2 Å². The SMILES string of the molecule is CCOc1ccc(C(Nc2ccc(Br)cc2)P2(=O)Oc3ccccc3O2)cc1. The molecule has 0 saturated carbocycles. The molecule has 1 N–H and O–H groups in total. The fourth-order valence-electron chi connectivity index (χ4n) is 2.96. The Balaban J connectivity index is 1.69. The van der Waals surface area contributed by atoms with Gasteiger partial charge in [0.2, 0.25) is 0 Å². The van der Waals surface area contributed by atoms with Crippen molar-refractivity contribution in [3.05, 3.63) is 82.8 Å². The quantitative estimate of drug-likeness (QED) is 0.419. The van der Waals surface area contributed by atoms with Crippen LogP contribution in [0.3, 0.4) is 0 Å². The molecule has 0 amide bonds. The largest absolute Gasteiger partial charge is 0.494 e. The summed E-state index contributed by atoms with van der Waals surface area (Å²) in [5.74, 6) is 1.04. The Labute approximate surface area is 172 Å². The third-order valence-corrected chi connectivity index (χ3v) is 6.76. The molecular weight excluding hydrogens is 441 g/mol. The number of para-hydroxylation sites is 2. The van der Waals surface area contributed by atoms with Gasteiger partial charge in [0, 0.05) is 10.2 Å². The molecular formula is C21H19BrNO4P. The van der Waals surface area contributed by atoms with Crippen LogP contribution < -0.4 is 19.1 Å². The lowest BCUT2D eigenvalue weighted by atomic mass is 10.2. The van der Waals surface area contributed by atoms with Crippen LogP contribution in [0.4, 0.5) is 5.69 Å². The molecule has 144 valence electrons. The first-order valence-electron chi connectivity index (χ1n) is 8.90. The summed E-state index contributed by atoms with van der Waals surface area (Å²) >= 11 is 3.43. The molecule has 3 aromatic carbocycles. The van der Waals surface area contributed by atoms with E-state index in [0.29, 0.717) is 18.1 Å². The van der Waals surface area contributed by atoms with Gasteiger partial charge in [0.05, 0.1) is 6.61 Å². The summed E-state index contributed by atoms with van der Waals surface area (Å²) in [4.78, 5) is 0. The highest BCUT2D eigenvalue weighted by molar-refractivity contribution is 9.10. The van der Waals surface area contributed by atoms with E-state index in [1.807, 2.05) is 67.6 Å². The van der Waals surface area contributed by atoms with Gasteiger partial charge in [-0.15, -0.1) is 0 Å². The van der Waals surface area contributed by atoms with Crippen LogP contribution in [0, 0.1) is 0 Å². The van der Waals surface area contributed by atoms with E-state index in [0.717, 1.165) is 21.5 Å². The molecule has 0 aromatic heterocycles. The van der Waals surface area contributed by atoms with Gasteiger partial charge in [-0.3, -0.25) is 0 Å². The van der Waals surface area contributed by atoms with Crippen LogP contribution in [0.1, 0.15) is 18.3 Å². The van der Waals surface area contributed by atoms with Gasteiger partial charge in [0.25, 0.3) is 0 Å².